The van der Waals surface area contributed by atoms with E-state index in [-0.39, 0.29) is 11.9 Å². The highest BCUT2D eigenvalue weighted by Gasteiger charge is 2.21. The van der Waals surface area contributed by atoms with Gasteiger partial charge in [-0.2, -0.15) is 0 Å². The van der Waals surface area contributed by atoms with Crippen molar-refractivity contribution in [2.75, 3.05) is 6.61 Å². The summed E-state index contributed by atoms with van der Waals surface area (Å²) < 4.78 is 16.1. The third kappa shape index (κ3) is 2.71. The van der Waals surface area contributed by atoms with Crippen LogP contribution in [0, 0.1) is 12.3 Å². The summed E-state index contributed by atoms with van der Waals surface area (Å²) in [7, 11) is -3.70. The van der Waals surface area contributed by atoms with Crippen LogP contribution in [0.25, 0.3) is 0 Å². The van der Waals surface area contributed by atoms with Crippen molar-refractivity contribution in [1.82, 2.24) is 0 Å². The normalized spacial score (nSPS) is 14.5. The van der Waals surface area contributed by atoms with Gasteiger partial charge in [0, 0.05) is 0 Å². The molecule has 1 unspecified atom stereocenters. The molecule has 0 saturated heterocycles. The molecule has 0 spiro atoms. The second-order valence-corrected chi connectivity index (χ2v) is 4.15. The molecule has 0 bridgehead atoms. The summed E-state index contributed by atoms with van der Waals surface area (Å²) in [6.07, 6.45) is 4.91. The average Bonchev–Trinajstić information content (AvgIpc) is 2.16. The lowest BCUT2D eigenvalue weighted by molar-refractivity contribution is 0.302. The van der Waals surface area contributed by atoms with Gasteiger partial charge in [-0.15, -0.1) is 6.42 Å². The number of rotatable bonds is 3. The van der Waals surface area contributed by atoms with E-state index in [1.54, 1.807) is 18.2 Å². The molecule has 1 atom stereocenters. The Morgan fingerprint density at radius 3 is 2.62 bits per heavy atom. The summed E-state index contributed by atoms with van der Waals surface area (Å²) in [5, 5.41) is 0.255. The fourth-order valence-electron chi connectivity index (χ4n) is 0.816. The third-order valence-electron chi connectivity index (χ3n) is 1.41. The number of hydrogen-bond donors (Lipinski definition) is 1. The predicted molar refractivity (Wildman–Crippen MR) is 50.7 cm³/mol. The van der Waals surface area contributed by atoms with Crippen LogP contribution in [0.3, 0.4) is 0 Å². The standard InChI is InChI=1S/C9H9O3P/c1-2-8-12-13(10,11)9-6-4-3-5-7-9/h1,3-7H,8H2,(H,10,11). The first-order valence-corrected chi connectivity index (χ1v) is 5.21. The van der Waals surface area contributed by atoms with Crippen molar-refractivity contribution >= 4 is 12.9 Å². The van der Waals surface area contributed by atoms with Gasteiger partial charge in [0.25, 0.3) is 0 Å². The van der Waals surface area contributed by atoms with Crippen LogP contribution in [0.2, 0.25) is 0 Å². The van der Waals surface area contributed by atoms with E-state index < -0.39 is 7.60 Å². The minimum atomic E-state index is -3.70. The topological polar surface area (TPSA) is 46.5 Å². The highest BCUT2D eigenvalue weighted by molar-refractivity contribution is 7.61. The van der Waals surface area contributed by atoms with E-state index in [1.807, 2.05) is 0 Å². The molecule has 1 aromatic rings. The van der Waals surface area contributed by atoms with E-state index in [4.69, 9.17) is 6.42 Å². The molecule has 0 fully saturated rings. The van der Waals surface area contributed by atoms with Crippen LogP contribution in [-0.4, -0.2) is 11.5 Å². The fourth-order valence-corrected chi connectivity index (χ4v) is 1.76. The molecule has 0 aromatic heterocycles. The lowest BCUT2D eigenvalue weighted by atomic mass is 10.4. The van der Waals surface area contributed by atoms with Crippen LogP contribution < -0.4 is 5.30 Å². The van der Waals surface area contributed by atoms with Crippen LogP contribution >= 0.6 is 7.60 Å². The monoisotopic (exact) mass is 196 g/mol. The smallest absolute Gasteiger partial charge is 0.321 e. The summed E-state index contributed by atoms with van der Waals surface area (Å²) >= 11 is 0. The fraction of sp³-hybridized carbons (Fsp3) is 0.111. The first kappa shape index (κ1) is 10.0. The Labute approximate surface area is 76.9 Å². The van der Waals surface area contributed by atoms with Crippen molar-refractivity contribution in [2.24, 2.45) is 0 Å². The zero-order chi connectivity index (χ0) is 9.73. The molecule has 3 nitrogen and oxygen atoms in total. The number of terminal acetylenes is 1. The van der Waals surface area contributed by atoms with Gasteiger partial charge in [-0.1, -0.05) is 24.1 Å². The second-order valence-electron chi connectivity index (χ2n) is 2.33. The Morgan fingerprint density at radius 2 is 2.08 bits per heavy atom. The molecule has 0 aliphatic heterocycles. The van der Waals surface area contributed by atoms with Gasteiger partial charge < -0.3 is 4.89 Å². The summed E-state index contributed by atoms with van der Waals surface area (Å²) in [5.41, 5.74) is 0. The summed E-state index contributed by atoms with van der Waals surface area (Å²) in [6.45, 7) is -0.164. The van der Waals surface area contributed by atoms with Crippen molar-refractivity contribution in [3.63, 3.8) is 0 Å². The Balaban J connectivity index is 2.83. The quantitative estimate of drug-likeness (QED) is 0.582. The molecule has 68 valence electrons. The van der Waals surface area contributed by atoms with Crippen molar-refractivity contribution in [3.8, 4) is 12.3 Å². The Bertz CT molecular complexity index is 353. The predicted octanol–water partition coefficient (Wildman–Crippen LogP) is 1.15. The van der Waals surface area contributed by atoms with Gasteiger partial charge in [0.2, 0.25) is 0 Å². The molecule has 0 amide bonds. The average molecular weight is 196 g/mol. The van der Waals surface area contributed by atoms with Crippen LogP contribution in [0.4, 0.5) is 0 Å². The van der Waals surface area contributed by atoms with E-state index in [2.05, 4.69) is 10.4 Å². The summed E-state index contributed by atoms with van der Waals surface area (Å²) in [4.78, 5) is 9.35. The van der Waals surface area contributed by atoms with E-state index in [1.165, 1.54) is 12.1 Å². The lowest BCUT2D eigenvalue weighted by Gasteiger charge is -2.09. The van der Waals surface area contributed by atoms with Gasteiger partial charge in [0.05, 0.1) is 5.30 Å². The van der Waals surface area contributed by atoms with Crippen molar-refractivity contribution in [3.05, 3.63) is 30.3 Å². The van der Waals surface area contributed by atoms with Crippen LogP contribution in [0.5, 0.6) is 0 Å². The molecule has 1 rings (SSSR count). The molecule has 13 heavy (non-hydrogen) atoms. The van der Waals surface area contributed by atoms with Crippen molar-refractivity contribution in [1.29, 1.82) is 0 Å². The Hall–Kier alpha value is -1.07. The molecule has 4 heteroatoms. The van der Waals surface area contributed by atoms with Crippen molar-refractivity contribution < 1.29 is 14.0 Å². The molecular weight excluding hydrogens is 187 g/mol. The first-order chi connectivity index (χ1) is 6.17. The highest BCUT2D eigenvalue weighted by atomic mass is 31.2. The van der Waals surface area contributed by atoms with Crippen LogP contribution in [0.1, 0.15) is 0 Å². The lowest BCUT2D eigenvalue weighted by Crippen LogP contribution is -2.06. The molecule has 0 saturated carbocycles. The third-order valence-corrected chi connectivity index (χ3v) is 2.84. The largest absolute Gasteiger partial charge is 0.359 e. The summed E-state index contributed by atoms with van der Waals surface area (Å²) in [6, 6.07) is 8.13. The van der Waals surface area contributed by atoms with Crippen LogP contribution in [-0.2, 0) is 9.09 Å². The SMILES string of the molecule is C#CCOP(=O)(O)c1ccccc1. The minimum absolute atomic E-state index is 0.164. The molecule has 1 N–H and O–H groups in total. The van der Waals surface area contributed by atoms with Crippen molar-refractivity contribution in [2.45, 2.75) is 0 Å². The highest BCUT2D eigenvalue weighted by Crippen LogP contribution is 2.39. The summed E-state index contributed by atoms with van der Waals surface area (Å²) in [5.74, 6) is 2.14. The van der Waals surface area contributed by atoms with Gasteiger partial charge in [-0.25, -0.2) is 0 Å². The van der Waals surface area contributed by atoms with E-state index >= 15 is 0 Å². The zero-order valence-corrected chi connectivity index (χ0v) is 7.78. The van der Waals surface area contributed by atoms with Gasteiger partial charge in [0.15, 0.2) is 0 Å². The second kappa shape index (κ2) is 4.25. The molecule has 0 aliphatic carbocycles. The van der Waals surface area contributed by atoms with Crippen LogP contribution in [0.15, 0.2) is 30.3 Å². The molecule has 1 aromatic carbocycles. The molecule has 0 heterocycles. The van der Waals surface area contributed by atoms with E-state index in [0.29, 0.717) is 0 Å². The first-order valence-electron chi connectivity index (χ1n) is 3.63. The Morgan fingerprint density at radius 1 is 1.46 bits per heavy atom. The van der Waals surface area contributed by atoms with E-state index in [0.717, 1.165) is 0 Å². The molecule has 0 radical (unpaired) electrons. The maximum atomic E-state index is 11.4. The Kier molecular flexibility index (Phi) is 3.27. The number of hydrogen-bond acceptors (Lipinski definition) is 2. The maximum Gasteiger partial charge on any atom is 0.359 e. The minimum Gasteiger partial charge on any atom is -0.321 e. The molecule has 0 aliphatic rings. The molecular formula is C9H9O3P. The maximum absolute atomic E-state index is 11.4. The zero-order valence-electron chi connectivity index (χ0n) is 6.88. The van der Waals surface area contributed by atoms with Gasteiger partial charge in [-0.3, -0.25) is 9.09 Å². The van der Waals surface area contributed by atoms with Gasteiger partial charge in [0.1, 0.15) is 6.61 Å². The van der Waals surface area contributed by atoms with Gasteiger partial charge >= 0.3 is 7.60 Å². The number of benzene rings is 1. The van der Waals surface area contributed by atoms with Gasteiger partial charge in [-0.05, 0) is 12.1 Å². The van der Waals surface area contributed by atoms with E-state index in [9.17, 15) is 9.46 Å².